The standard InChI is InChI=1S/C25H32FN3O/c26-23-8-4-7-22(19-23)20-29-18-17-28(16-12-25(29)30)24-10-14-27(15-11-24)13-9-21-5-2-1-3-6-21/h1-8,19,24H,9-18,20H2. The van der Waals surface area contributed by atoms with Gasteiger partial charge in [-0.1, -0.05) is 42.5 Å². The summed E-state index contributed by atoms with van der Waals surface area (Å²) >= 11 is 0. The summed E-state index contributed by atoms with van der Waals surface area (Å²) in [7, 11) is 0. The van der Waals surface area contributed by atoms with Crippen LogP contribution in [0.25, 0.3) is 0 Å². The molecular formula is C25H32FN3O. The number of carbonyl (C=O) groups is 1. The molecule has 4 nitrogen and oxygen atoms in total. The van der Waals surface area contributed by atoms with Crippen LogP contribution in [-0.2, 0) is 17.8 Å². The number of amides is 1. The molecule has 4 rings (SSSR count). The number of likely N-dealkylation sites (tertiary alicyclic amines) is 1. The van der Waals surface area contributed by atoms with Gasteiger partial charge in [0.2, 0.25) is 5.91 Å². The maximum atomic E-state index is 13.5. The fourth-order valence-electron chi connectivity index (χ4n) is 4.71. The Hall–Kier alpha value is -2.24. The van der Waals surface area contributed by atoms with Crippen molar-refractivity contribution in [3.05, 3.63) is 71.5 Å². The molecule has 1 amide bonds. The number of hydrogen-bond donors (Lipinski definition) is 0. The first-order valence-electron chi connectivity index (χ1n) is 11.2. The van der Waals surface area contributed by atoms with Crippen molar-refractivity contribution in [2.24, 2.45) is 0 Å². The van der Waals surface area contributed by atoms with E-state index < -0.39 is 0 Å². The summed E-state index contributed by atoms with van der Waals surface area (Å²) in [5.74, 6) is -0.0579. The van der Waals surface area contributed by atoms with Crippen molar-refractivity contribution in [1.82, 2.24) is 14.7 Å². The number of carbonyl (C=O) groups excluding carboxylic acids is 1. The Morgan fingerprint density at radius 3 is 2.40 bits per heavy atom. The van der Waals surface area contributed by atoms with Gasteiger partial charge >= 0.3 is 0 Å². The summed E-state index contributed by atoms with van der Waals surface area (Å²) in [5, 5.41) is 0. The molecule has 2 fully saturated rings. The van der Waals surface area contributed by atoms with Crippen LogP contribution in [0.5, 0.6) is 0 Å². The molecule has 0 N–H and O–H groups in total. The maximum absolute atomic E-state index is 13.5. The lowest BCUT2D eigenvalue weighted by Crippen LogP contribution is -2.46. The molecule has 0 unspecified atom stereocenters. The second-order valence-electron chi connectivity index (χ2n) is 8.54. The van der Waals surface area contributed by atoms with E-state index in [-0.39, 0.29) is 11.7 Å². The van der Waals surface area contributed by atoms with E-state index in [1.807, 2.05) is 11.0 Å². The first-order chi connectivity index (χ1) is 14.7. The zero-order valence-corrected chi connectivity index (χ0v) is 17.7. The van der Waals surface area contributed by atoms with E-state index in [2.05, 4.69) is 40.1 Å². The second-order valence-corrected chi connectivity index (χ2v) is 8.54. The van der Waals surface area contributed by atoms with Gasteiger partial charge in [-0.25, -0.2) is 4.39 Å². The quantitative estimate of drug-likeness (QED) is 0.730. The van der Waals surface area contributed by atoms with Gasteiger partial charge in [0, 0.05) is 45.2 Å². The number of piperidine rings is 1. The van der Waals surface area contributed by atoms with Crippen LogP contribution in [0.2, 0.25) is 0 Å². The second kappa shape index (κ2) is 10.2. The molecule has 2 aromatic carbocycles. The Bertz CT molecular complexity index is 820. The van der Waals surface area contributed by atoms with Gasteiger partial charge in [0.1, 0.15) is 5.82 Å². The molecule has 2 aromatic rings. The van der Waals surface area contributed by atoms with Crippen molar-refractivity contribution in [3.63, 3.8) is 0 Å². The molecule has 0 aromatic heterocycles. The van der Waals surface area contributed by atoms with Gasteiger partial charge in [0.15, 0.2) is 0 Å². The van der Waals surface area contributed by atoms with Gasteiger partial charge in [-0.3, -0.25) is 9.69 Å². The van der Waals surface area contributed by atoms with Gasteiger partial charge in [0.25, 0.3) is 0 Å². The Morgan fingerprint density at radius 1 is 0.867 bits per heavy atom. The van der Waals surface area contributed by atoms with E-state index in [0.29, 0.717) is 19.0 Å². The zero-order chi connectivity index (χ0) is 20.8. The number of rotatable bonds is 6. The Kier molecular flexibility index (Phi) is 7.13. The minimum absolute atomic E-state index is 0.182. The van der Waals surface area contributed by atoms with Crippen LogP contribution < -0.4 is 0 Å². The van der Waals surface area contributed by atoms with Crippen molar-refractivity contribution in [3.8, 4) is 0 Å². The van der Waals surface area contributed by atoms with Gasteiger partial charge in [-0.2, -0.15) is 0 Å². The molecule has 2 saturated heterocycles. The molecular weight excluding hydrogens is 377 g/mol. The lowest BCUT2D eigenvalue weighted by Gasteiger charge is -2.38. The van der Waals surface area contributed by atoms with Gasteiger partial charge in [-0.15, -0.1) is 0 Å². The molecule has 2 aliphatic heterocycles. The van der Waals surface area contributed by atoms with Gasteiger partial charge in [0.05, 0.1) is 0 Å². The summed E-state index contributed by atoms with van der Waals surface area (Å²) in [5.41, 5.74) is 2.27. The van der Waals surface area contributed by atoms with E-state index in [9.17, 15) is 9.18 Å². The van der Waals surface area contributed by atoms with E-state index in [0.717, 1.165) is 51.3 Å². The molecule has 5 heteroatoms. The fourth-order valence-corrected chi connectivity index (χ4v) is 4.71. The number of halogens is 1. The molecule has 2 aliphatic rings. The average molecular weight is 410 g/mol. The normalized spacial score (nSPS) is 19.8. The minimum Gasteiger partial charge on any atom is -0.337 e. The number of hydrogen-bond acceptors (Lipinski definition) is 3. The summed E-state index contributed by atoms with van der Waals surface area (Å²) in [6.45, 7) is 6.37. The highest BCUT2D eigenvalue weighted by atomic mass is 19.1. The van der Waals surface area contributed by atoms with Crippen LogP contribution >= 0.6 is 0 Å². The third kappa shape index (κ3) is 5.67. The van der Waals surface area contributed by atoms with E-state index in [4.69, 9.17) is 0 Å². The summed E-state index contributed by atoms with van der Waals surface area (Å²) < 4.78 is 13.5. The van der Waals surface area contributed by atoms with Gasteiger partial charge in [-0.05, 0) is 55.6 Å². The molecule has 0 saturated carbocycles. The summed E-state index contributed by atoms with van der Waals surface area (Å²) in [6, 6.07) is 17.9. The van der Waals surface area contributed by atoms with Crippen molar-refractivity contribution in [2.45, 2.75) is 38.3 Å². The largest absolute Gasteiger partial charge is 0.337 e. The molecule has 160 valence electrons. The molecule has 0 radical (unpaired) electrons. The van der Waals surface area contributed by atoms with Crippen LogP contribution in [0, 0.1) is 5.82 Å². The topological polar surface area (TPSA) is 26.8 Å². The smallest absolute Gasteiger partial charge is 0.224 e. The number of benzene rings is 2. The molecule has 0 bridgehead atoms. The fraction of sp³-hybridized carbons (Fsp3) is 0.480. The lowest BCUT2D eigenvalue weighted by molar-refractivity contribution is -0.130. The third-order valence-corrected chi connectivity index (χ3v) is 6.52. The lowest BCUT2D eigenvalue weighted by atomic mass is 10.0. The third-order valence-electron chi connectivity index (χ3n) is 6.52. The van der Waals surface area contributed by atoms with Crippen LogP contribution in [0.4, 0.5) is 4.39 Å². The number of nitrogens with zero attached hydrogens (tertiary/aromatic N) is 3. The Morgan fingerprint density at radius 2 is 1.63 bits per heavy atom. The van der Waals surface area contributed by atoms with E-state index in [1.54, 1.807) is 6.07 Å². The summed E-state index contributed by atoms with van der Waals surface area (Å²) in [6.07, 6.45) is 4.02. The predicted octanol–water partition coefficient (Wildman–Crippen LogP) is 3.57. The van der Waals surface area contributed by atoms with Crippen LogP contribution in [0.3, 0.4) is 0 Å². The van der Waals surface area contributed by atoms with Crippen LogP contribution in [0.1, 0.15) is 30.4 Å². The Labute approximate surface area is 179 Å². The summed E-state index contributed by atoms with van der Waals surface area (Å²) in [4.78, 5) is 19.6. The molecule has 0 aliphatic carbocycles. The van der Waals surface area contributed by atoms with Crippen molar-refractivity contribution in [1.29, 1.82) is 0 Å². The van der Waals surface area contributed by atoms with Gasteiger partial charge < -0.3 is 9.80 Å². The monoisotopic (exact) mass is 409 g/mol. The first kappa shape index (κ1) is 21.0. The molecule has 0 spiro atoms. The first-order valence-corrected chi connectivity index (χ1v) is 11.2. The minimum atomic E-state index is -0.240. The van der Waals surface area contributed by atoms with Crippen molar-refractivity contribution < 1.29 is 9.18 Å². The average Bonchev–Trinajstić information content (AvgIpc) is 2.95. The highest BCUT2D eigenvalue weighted by molar-refractivity contribution is 5.76. The van der Waals surface area contributed by atoms with Crippen LogP contribution in [-0.4, -0.2) is 65.9 Å². The van der Waals surface area contributed by atoms with E-state index >= 15 is 0 Å². The van der Waals surface area contributed by atoms with Crippen molar-refractivity contribution >= 4 is 5.91 Å². The molecule has 30 heavy (non-hydrogen) atoms. The zero-order valence-electron chi connectivity index (χ0n) is 17.7. The van der Waals surface area contributed by atoms with Crippen molar-refractivity contribution in [2.75, 3.05) is 39.3 Å². The highest BCUT2D eigenvalue weighted by Gasteiger charge is 2.28. The van der Waals surface area contributed by atoms with E-state index in [1.165, 1.54) is 30.5 Å². The Balaban J connectivity index is 1.24. The maximum Gasteiger partial charge on any atom is 0.224 e. The molecule has 0 atom stereocenters. The predicted molar refractivity (Wildman–Crippen MR) is 118 cm³/mol. The molecule has 2 heterocycles. The highest BCUT2D eigenvalue weighted by Crippen LogP contribution is 2.20. The van der Waals surface area contributed by atoms with Crippen LogP contribution in [0.15, 0.2) is 54.6 Å². The SMILES string of the molecule is O=C1CCN(C2CCN(CCc3ccccc3)CC2)CCN1Cc1cccc(F)c1.